The van der Waals surface area contributed by atoms with Crippen molar-refractivity contribution < 1.29 is 0 Å². The standard InChI is InChI=1S/C60H39N5/c1-36-28-30-37(31-29-36)54-58(63-48-23-11-5-16-38(48)39-17-6-12-24-49(39)63)44(34-61)57(45(35-62)59(54)64-50-25-13-7-18-40(50)41-19-8-14-26-51(41)64)65-52-27-15-9-21-43(52)56-53(65)33-32-47-55(56)42-20-4-10-22-46(42)60(47,2)3/h4-33H,1-3H3. The van der Waals surface area contributed by atoms with Gasteiger partial charge in [0.25, 0.3) is 0 Å². The molecule has 0 N–H and O–H groups in total. The summed E-state index contributed by atoms with van der Waals surface area (Å²) in [7, 11) is 0. The molecule has 13 rings (SSSR count). The molecule has 3 heterocycles. The number of aromatic nitrogens is 3. The molecular weight excluding hydrogens is 791 g/mol. The maximum atomic E-state index is 12.1. The predicted octanol–water partition coefficient (Wildman–Crippen LogP) is 15.0. The highest BCUT2D eigenvalue weighted by molar-refractivity contribution is 6.19. The van der Waals surface area contributed by atoms with Gasteiger partial charge in [0.05, 0.1) is 50.2 Å². The Morgan fingerprint density at radius 1 is 0.385 bits per heavy atom. The summed E-state index contributed by atoms with van der Waals surface area (Å²) >= 11 is 0. The van der Waals surface area contributed by atoms with E-state index in [-0.39, 0.29) is 5.41 Å². The average molecular weight is 830 g/mol. The van der Waals surface area contributed by atoms with Crippen molar-refractivity contribution in [2.24, 2.45) is 0 Å². The minimum Gasteiger partial charge on any atom is -0.307 e. The van der Waals surface area contributed by atoms with Gasteiger partial charge < -0.3 is 13.7 Å². The highest BCUT2D eigenvalue weighted by Gasteiger charge is 2.38. The Hall–Kier alpha value is -8.64. The third-order valence-corrected chi connectivity index (χ3v) is 14.2. The van der Waals surface area contributed by atoms with Gasteiger partial charge in [0.1, 0.15) is 23.3 Å². The van der Waals surface area contributed by atoms with E-state index in [4.69, 9.17) is 0 Å². The van der Waals surface area contributed by atoms with Crippen LogP contribution in [0.1, 0.15) is 41.7 Å². The first-order valence-electron chi connectivity index (χ1n) is 22.2. The number of benzene rings is 9. The topological polar surface area (TPSA) is 62.4 Å². The lowest BCUT2D eigenvalue weighted by Gasteiger charge is -2.26. The van der Waals surface area contributed by atoms with E-state index in [2.05, 4.69) is 229 Å². The molecule has 0 bridgehead atoms. The SMILES string of the molecule is Cc1ccc(-c2c(-n3c4ccccc4c4ccccc43)c(C#N)c(-n3c4ccccc4c4c5c(ccc43)C(C)(C)c3ccccc3-5)c(C#N)c2-n2c3ccccc3c3ccccc32)cc1. The van der Waals surface area contributed by atoms with Crippen LogP contribution in [0.4, 0.5) is 0 Å². The number of hydrogen-bond acceptors (Lipinski definition) is 2. The van der Waals surface area contributed by atoms with Crippen LogP contribution in [0, 0.1) is 29.6 Å². The van der Waals surface area contributed by atoms with Gasteiger partial charge in [-0.25, -0.2) is 0 Å². The molecule has 3 aromatic heterocycles. The molecule has 65 heavy (non-hydrogen) atoms. The van der Waals surface area contributed by atoms with Crippen molar-refractivity contribution in [2.45, 2.75) is 26.2 Å². The minimum absolute atomic E-state index is 0.220. The van der Waals surface area contributed by atoms with Crippen LogP contribution >= 0.6 is 0 Å². The van der Waals surface area contributed by atoms with Gasteiger partial charge in [-0.3, -0.25) is 0 Å². The zero-order chi connectivity index (χ0) is 43.7. The fourth-order valence-electron chi connectivity index (χ4n) is 11.4. The lowest BCUT2D eigenvalue weighted by molar-refractivity contribution is 0.661. The Bertz CT molecular complexity index is 3860. The lowest BCUT2D eigenvalue weighted by Crippen LogP contribution is -2.15. The van der Waals surface area contributed by atoms with Gasteiger partial charge >= 0.3 is 0 Å². The molecule has 1 aliphatic rings. The van der Waals surface area contributed by atoms with Gasteiger partial charge in [-0.2, -0.15) is 10.5 Å². The lowest BCUT2D eigenvalue weighted by atomic mass is 9.82. The Morgan fingerprint density at radius 2 is 0.800 bits per heavy atom. The van der Waals surface area contributed by atoms with Crippen molar-refractivity contribution in [3.05, 3.63) is 210 Å². The van der Waals surface area contributed by atoms with Crippen molar-refractivity contribution in [3.8, 4) is 51.5 Å². The highest BCUT2D eigenvalue weighted by atomic mass is 15.1. The van der Waals surface area contributed by atoms with Gasteiger partial charge in [-0.05, 0) is 71.1 Å². The number of para-hydroxylation sites is 5. The van der Waals surface area contributed by atoms with E-state index in [1.54, 1.807) is 0 Å². The van der Waals surface area contributed by atoms with E-state index >= 15 is 0 Å². The fourth-order valence-corrected chi connectivity index (χ4v) is 11.4. The molecule has 9 aromatic carbocycles. The van der Waals surface area contributed by atoms with E-state index < -0.39 is 0 Å². The number of aryl methyl sites for hydroxylation is 1. The van der Waals surface area contributed by atoms with Crippen LogP contribution in [0.3, 0.4) is 0 Å². The number of nitriles is 2. The van der Waals surface area contributed by atoms with Crippen molar-refractivity contribution in [2.75, 3.05) is 0 Å². The first-order chi connectivity index (χ1) is 31.9. The third-order valence-electron chi connectivity index (χ3n) is 14.2. The molecular formula is C60H39N5. The second kappa shape index (κ2) is 13.4. The minimum atomic E-state index is -0.220. The summed E-state index contributed by atoms with van der Waals surface area (Å²) in [5.41, 5.74) is 16.2. The molecule has 0 amide bonds. The highest BCUT2D eigenvalue weighted by Crippen LogP contribution is 2.54. The van der Waals surface area contributed by atoms with Crippen molar-refractivity contribution in [3.63, 3.8) is 0 Å². The van der Waals surface area contributed by atoms with Gasteiger partial charge in [0.2, 0.25) is 0 Å². The molecule has 304 valence electrons. The van der Waals surface area contributed by atoms with Gasteiger partial charge in [-0.15, -0.1) is 0 Å². The molecule has 0 radical (unpaired) electrons. The van der Waals surface area contributed by atoms with E-state index in [1.807, 2.05) is 0 Å². The molecule has 5 nitrogen and oxygen atoms in total. The van der Waals surface area contributed by atoms with Crippen LogP contribution in [0.2, 0.25) is 0 Å². The zero-order valence-electron chi connectivity index (χ0n) is 36.1. The van der Waals surface area contributed by atoms with Crippen LogP contribution in [0.15, 0.2) is 182 Å². The van der Waals surface area contributed by atoms with Crippen LogP contribution in [-0.4, -0.2) is 13.7 Å². The predicted molar refractivity (Wildman–Crippen MR) is 267 cm³/mol. The van der Waals surface area contributed by atoms with E-state index in [1.165, 1.54) is 22.3 Å². The molecule has 1 aliphatic carbocycles. The Kier molecular flexibility index (Phi) is 7.64. The van der Waals surface area contributed by atoms with Gasteiger partial charge in [0, 0.05) is 43.3 Å². The second-order valence-corrected chi connectivity index (χ2v) is 17.9. The number of nitrogens with zero attached hydrogens (tertiary/aromatic N) is 5. The third kappa shape index (κ3) is 4.85. The summed E-state index contributed by atoms with van der Waals surface area (Å²) in [4.78, 5) is 0. The molecule has 5 heteroatoms. The average Bonchev–Trinajstić information content (AvgIpc) is 4.04. The van der Waals surface area contributed by atoms with Crippen molar-refractivity contribution in [1.29, 1.82) is 10.5 Å². The van der Waals surface area contributed by atoms with E-state index in [0.717, 1.165) is 93.5 Å². The van der Waals surface area contributed by atoms with Crippen LogP contribution < -0.4 is 0 Å². The summed E-state index contributed by atoms with van der Waals surface area (Å²) in [6, 6.07) is 69.8. The summed E-state index contributed by atoms with van der Waals surface area (Å²) < 4.78 is 6.79. The maximum absolute atomic E-state index is 12.1. The molecule has 0 spiro atoms. The van der Waals surface area contributed by atoms with E-state index in [9.17, 15) is 10.5 Å². The fraction of sp³-hybridized carbons (Fsp3) is 0.0667. The summed E-state index contributed by atoms with van der Waals surface area (Å²) in [6.45, 7) is 6.71. The number of hydrogen-bond donors (Lipinski definition) is 0. The van der Waals surface area contributed by atoms with Crippen molar-refractivity contribution >= 4 is 65.4 Å². The molecule has 12 aromatic rings. The number of rotatable bonds is 4. The Morgan fingerprint density at radius 3 is 1.29 bits per heavy atom. The van der Waals surface area contributed by atoms with Gasteiger partial charge in [0.15, 0.2) is 0 Å². The zero-order valence-corrected chi connectivity index (χ0v) is 36.1. The first-order valence-corrected chi connectivity index (χ1v) is 22.2. The molecule has 0 unspecified atom stereocenters. The van der Waals surface area contributed by atoms with Gasteiger partial charge in [-0.1, -0.05) is 165 Å². The molecule has 0 saturated carbocycles. The maximum Gasteiger partial charge on any atom is 0.104 e. The van der Waals surface area contributed by atoms with E-state index in [0.29, 0.717) is 16.8 Å². The normalized spacial score (nSPS) is 12.9. The Balaban J connectivity index is 1.33. The van der Waals surface area contributed by atoms with Crippen LogP contribution in [-0.2, 0) is 5.41 Å². The summed E-state index contributed by atoms with van der Waals surface area (Å²) in [5.74, 6) is 0. The monoisotopic (exact) mass is 829 g/mol. The summed E-state index contributed by atoms with van der Waals surface area (Å²) in [5, 5.41) is 30.8. The Labute approximate surface area is 375 Å². The van der Waals surface area contributed by atoms with Crippen molar-refractivity contribution in [1.82, 2.24) is 13.7 Å². The molecule has 0 aliphatic heterocycles. The smallest absolute Gasteiger partial charge is 0.104 e. The summed E-state index contributed by atoms with van der Waals surface area (Å²) in [6.07, 6.45) is 0. The molecule has 0 fully saturated rings. The molecule has 0 saturated heterocycles. The van der Waals surface area contributed by atoms with Crippen LogP contribution in [0.25, 0.3) is 105 Å². The van der Waals surface area contributed by atoms with Crippen LogP contribution in [0.5, 0.6) is 0 Å². The number of fused-ring (bicyclic) bond motifs is 13. The largest absolute Gasteiger partial charge is 0.307 e. The molecule has 0 atom stereocenters. The second-order valence-electron chi connectivity index (χ2n) is 17.9. The quantitative estimate of drug-likeness (QED) is 0.177. The first kappa shape index (κ1) is 37.0.